The fraction of sp³-hybridized carbons (Fsp3) is 0.333. The van der Waals surface area contributed by atoms with E-state index in [9.17, 15) is 9.59 Å². The third-order valence-electron chi connectivity index (χ3n) is 2.81. The lowest BCUT2D eigenvalue weighted by molar-refractivity contribution is 0.0694. The fourth-order valence-corrected chi connectivity index (χ4v) is 1.89. The summed E-state index contributed by atoms with van der Waals surface area (Å²) in [6, 6.07) is 4.79. The Morgan fingerprint density at radius 1 is 1.44 bits per heavy atom. The molecule has 4 heteroatoms. The summed E-state index contributed by atoms with van der Waals surface area (Å²) in [6.45, 7) is 4.40. The number of hydrogen-bond donors (Lipinski definition) is 1. The molecule has 0 aliphatic carbocycles. The first-order valence-electron chi connectivity index (χ1n) is 5.18. The molecule has 0 unspecified atom stereocenters. The minimum atomic E-state index is -0.960. The molecule has 84 valence electrons. The summed E-state index contributed by atoms with van der Waals surface area (Å²) in [5, 5.41) is 8.86. The lowest BCUT2D eigenvalue weighted by Gasteiger charge is -2.19. The lowest BCUT2D eigenvalue weighted by atomic mass is 10.1. The normalized spacial score (nSPS) is 14.4. The van der Waals surface area contributed by atoms with Crippen LogP contribution in [0.1, 0.15) is 40.1 Å². The first kappa shape index (κ1) is 10.7. The first-order chi connectivity index (χ1) is 7.50. The van der Waals surface area contributed by atoms with Gasteiger partial charge in [0.2, 0.25) is 0 Å². The first-order valence-corrected chi connectivity index (χ1v) is 5.18. The minimum absolute atomic E-state index is 0.0121. The van der Waals surface area contributed by atoms with Crippen LogP contribution in [0.3, 0.4) is 0 Å². The zero-order chi connectivity index (χ0) is 11.9. The van der Waals surface area contributed by atoms with Gasteiger partial charge in [0.1, 0.15) is 0 Å². The van der Waals surface area contributed by atoms with Gasteiger partial charge in [0.25, 0.3) is 5.91 Å². The van der Waals surface area contributed by atoms with E-state index in [0.29, 0.717) is 12.1 Å². The van der Waals surface area contributed by atoms with Crippen LogP contribution in [0.4, 0.5) is 0 Å². The van der Waals surface area contributed by atoms with Crippen LogP contribution in [0.5, 0.6) is 0 Å². The van der Waals surface area contributed by atoms with Crippen molar-refractivity contribution < 1.29 is 14.7 Å². The number of carbonyl (C=O) groups excluding carboxylic acids is 1. The van der Waals surface area contributed by atoms with E-state index >= 15 is 0 Å². The maximum atomic E-state index is 11.9. The van der Waals surface area contributed by atoms with Crippen molar-refractivity contribution >= 4 is 11.9 Å². The van der Waals surface area contributed by atoms with Crippen molar-refractivity contribution in [2.45, 2.75) is 26.4 Å². The van der Waals surface area contributed by atoms with Gasteiger partial charge in [-0.1, -0.05) is 0 Å². The monoisotopic (exact) mass is 219 g/mol. The molecule has 2 rings (SSSR count). The summed E-state index contributed by atoms with van der Waals surface area (Å²) in [5.41, 5.74) is 1.66. The number of rotatable bonds is 2. The molecule has 16 heavy (non-hydrogen) atoms. The van der Waals surface area contributed by atoms with Crippen LogP contribution in [0.15, 0.2) is 18.2 Å². The van der Waals surface area contributed by atoms with Gasteiger partial charge in [-0.3, -0.25) is 4.79 Å². The second-order valence-electron chi connectivity index (χ2n) is 4.20. The molecule has 1 aliphatic heterocycles. The Morgan fingerprint density at radius 2 is 2.12 bits per heavy atom. The fourth-order valence-electron chi connectivity index (χ4n) is 1.89. The van der Waals surface area contributed by atoms with Crippen LogP contribution in [0.2, 0.25) is 0 Å². The summed E-state index contributed by atoms with van der Waals surface area (Å²) in [7, 11) is 0. The van der Waals surface area contributed by atoms with Crippen molar-refractivity contribution in [3.8, 4) is 0 Å². The average Bonchev–Trinajstić information content (AvgIpc) is 2.55. The smallest absolute Gasteiger partial charge is 0.335 e. The van der Waals surface area contributed by atoms with E-state index in [4.69, 9.17) is 5.11 Å². The van der Waals surface area contributed by atoms with Gasteiger partial charge < -0.3 is 10.0 Å². The molecule has 0 spiro atoms. The molecule has 1 heterocycles. The van der Waals surface area contributed by atoms with Crippen LogP contribution >= 0.6 is 0 Å². The second kappa shape index (κ2) is 3.63. The number of carboxylic acid groups (broad SMARTS) is 1. The molecule has 0 bridgehead atoms. The third-order valence-corrected chi connectivity index (χ3v) is 2.81. The third kappa shape index (κ3) is 1.56. The predicted octanol–water partition coefficient (Wildman–Crippen LogP) is 1.75. The van der Waals surface area contributed by atoms with Crippen LogP contribution < -0.4 is 0 Å². The molecular weight excluding hydrogens is 206 g/mol. The van der Waals surface area contributed by atoms with Gasteiger partial charge in [0.05, 0.1) is 5.56 Å². The van der Waals surface area contributed by atoms with Gasteiger partial charge in [-0.05, 0) is 37.6 Å². The number of carboxylic acids is 1. The second-order valence-corrected chi connectivity index (χ2v) is 4.20. The van der Waals surface area contributed by atoms with Gasteiger partial charge in [-0.2, -0.15) is 0 Å². The highest BCUT2D eigenvalue weighted by Gasteiger charge is 2.29. The number of aromatic carboxylic acids is 1. The molecule has 1 aromatic carbocycles. The summed E-state index contributed by atoms with van der Waals surface area (Å²) >= 11 is 0. The molecule has 1 N–H and O–H groups in total. The summed E-state index contributed by atoms with van der Waals surface area (Å²) in [4.78, 5) is 24.4. The quantitative estimate of drug-likeness (QED) is 0.824. The molecule has 0 saturated carbocycles. The number of nitrogens with zero attached hydrogens (tertiary/aromatic N) is 1. The van der Waals surface area contributed by atoms with Gasteiger partial charge in [-0.25, -0.2) is 4.79 Å². The molecule has 4 nitrogen and oxygen atoms in total. The number of benzene rings is 1. The molecule has 0 radical (unpaired) electrons. The highest BCUT2D eigenvalue weighted by Crippen LogP contribution is 2.25. The van der Waals surface area contributed by atoms with Gasteiger partial charge in [0.15, 0.2) is 0 Å². The zero-order valence-electron chi connectivity index (χ0n) is 9.23. The molecule has 1 amide bonds. The molecule has 0 aromatic heterocycles. The average molecular weight is 219 g/mol. The Kier molecular flexibility index (Phi) is 2.42. The van der Waals surface area contributed by atoms with E-state index in [1.54, 1.807) is 17.0 Å². The maximum absolute atomic E-state index is 11.9. The van der Waals surface area contributed by atoms with E-state index in [0.717, 1.165) is 5.56 Å². The number of carbonyl (C=O) groups is 2. The Bertz CT molecular complexity index is 465. The van der Waals surface area contributed by atoms with E-state index in [-0.39, 0.29) is 17.5 Å². The largest absolute Gasteiger partial charge is 0.478 e. The predicted molar refractivity (Wildman–Crippen MR) is 58.4 cm³/mol. The highest BCUT2D eigenvalue weighted by molar-refractivity contribution is 6.00. The zero-order valence-corrected chi connectivity index (χ0v) is 9.23. The van der Waals surface area contributed by atoms with Gasteiger partial charge >= 0.3 is 5.97 Å². The van der Waals surface area contributed by atoms with Crippen molar-refractivity contribution in [2.75, 3.05) is 0 Å². The standard InChI is InChI=1S/C12H13NO3/c1-7(2)13-6-9-5-8(12(15)16)3-4-10(9)11(13)14/h3-5,7H,6H2,1-2H3,(H,15,16). The van der Waals surface area contributed by atoms with E-state index in [2.05, 4.69) is 0 Å². The van der Waals surface area contributed by atoms with Crippen molar-refractivity contribution in [1.82, 2.24) is 4.90 Å². The van der Waals surface area contributed by atoms with Crippen LogP contribution in [-0.2, 0) is 6.54 Å². The SMILES string of the molecule is CC(C)N1Cc2cc(C(=O)O)ccc2C1=O. The maximum Gasteiger partial charge on any atom is 0.335 e. The van der Waals surface area contributed by atoms with Gasteiger partial charge in [-0.15, -0.1) is 0 Å². The number of amides is 1. The van der Waals surface area contributed by atoms with E-state index in [1.807, 2.05) is 13.8 Å². The van der Waals surface area contributed by atoms with Crippen molar-refractivity contribution in [3.05, 3.63) is 34.9 Å². The van der Waals surface area contributed by atoms with Gasteiger partial charge in [0, 0.05) is 18.2 Å². The Balaban J connectivity index is 2.40. The molecule has 1 aromatic rings. The highest BCUT2D eigenvalue weighted by atomic mass is 16.4. The topological polar surface area (TPSA) is 57.6 Å². The molecule has 1 aliphatic rings. The number of hydrogen-bond acceptors (Lipinski definition) is 2. The van der Waals surface area contributed by atoms with Crippen LogP contribution in [0, 0.1) is 0 Å². The molecule has 0 saturated heterocycles. The van der Waals surface area contributed by atoms with Crippen molar-refractivity contribution in [2.24, 2.45) is 0 Å². The Labute approximate surface area is 93.5 Å². The van der Waals surface area contributed by atoms with E-state index in [1.165, 1.54) is 6.07 Å². The van der Waals surface area contributed by atoms with Crippen LogP contribution in [0.25, 0.3) is 0 Å². The summed E-state index contributed by atoms with van der Waals surface area (Å²) in [6.07, 6.45) is 0. The Hall–Kier alpha value is -1.84. The van der Waals surface area contributed by atoms with Crippen molar-refractivity contribution in [1.29, 1.82) is 0 Å². The van der Waals surface area contributed by atoms with Crippen molar-refractivity contribution in [3.63, 3.8) is 0 Å². The summed E-state index contributed by atoms with van der Waals surface area (Å²) in [5.74, 6) is -0.972. The lowest BCUT2D eigenvalue weighted by Crippen LogP contribution is -2.30. The molecule has 0 atom stereocenters. The molecule has 0 fully saturated rings. The Morgan fingerprint density at radius 3 is 2.69 bits per heavy atom. The summed E-state index contributed by atoms with van der Waals surface area (Å²) < 4.78 is 0. The van der Waals surface area contributed by atoms with E-state index < -0.39 is 5.97 Å². The van der Waals surface area contributed by atoms with Crippen LogP contribution in [-0.4, -0.2) is 27.9 Å². The molecular formula is C12H13NO3. The number of fused-ring (bicyclic) bond motifs is 1. The minimum Gasteiger partial charge on any atom is -0.478 e.